The van der Waals surface area contributed by atoms with Gasteiger partial charge >= 0.3 is 0 Å². The molecule has 1 aliphatic rings. The number of nitrogens with zero attached hydrogens (tertiary/aromatic N) is 1. The average molecular weight is 459 g/mol. The fraction of sp³-hybridized carbons (Fsp3) is 0.448. The van der Waals surface area contributed by atoms with Crippen LogP contribution in [-0.4, -0.2) is 27.8 Å². The third-order valence-electron chi connectivity index (χ3n) is 7.44. The Morgan fingerprint density at radius 1 is 1.15 bits per heavy atom. The van der Waals surface area contributed by atoms with Crippen LogP contribution >= 0.6 is 0 Å². The zero-order chi connectivity index (χ0) is 24.2. The fourth-order valence-corrected chi connectivity index (χ4v) is 5.70. The summed E-state index contributed by atoms with van der Waals surface area (Å²) in [6.45, 7) is 7.00. The van der Waals surface area contributed by atoms with Gasteiger partial charge in [-0.05, 0) is 62.4 Å². The van der Waals surface area contributed by atoms with E-state index in [0.717, 1.165) is 28.5 Å². The summed E-state index contributed by atoms with van der Waals surface area (Å²) < 4.78 is 0. The molecule has 0 amide bonds. The number of hydrogen-bond acceptors (Lipinski definition) is 3. The van der Waals surface area contributed by atoms with Gasteiger partial charge in [0.1, 0.15) is 5.84 Å². The molecule has 1 aromatic heterocycles. The Labute approximate surface area is 202 Å². The third kappa shape index (κ3) is 5.10. The Bertz CT molecular complexity index is 1200. The number of H-pyrrole nitrogens is 1. The van der Waals surface area contributed by atoms with Crippen molar-refractivity contribution >= 4 is 16.7 Å². The maximum Gasteiger partial charge on any atom is 0.251 e. The van der Waals surface area contributed by atoms with Gasteiger partial charge in [0.2, 0.25) is 0 Å². The lowest BCUT2D eigenvalue weighted by atomic mass is 9.88. The lowest BCUT2D eigenvalue weighted by molar-refractivity contribution is 0.0496. The Kier molecular flexibility index (Phi) is 7.52. The van der Waals surface area contributed by atoms with E-state index in [-0.39, 0.29) is 11.4 Å². The second kappa shape index (κ2) is 10.6. The van der Waals surface area contributed by atoms with Crippen LogP contribution in [-0.2, 0) is 6.42 Å². The van der Waals surface area contributed by atoms with Gasteiger partial charge in [-0.2, -0.15) is 0 Å². The molecule has 0 aliphatic carbocycles. The number of hydrogen-bond donors (Lipinski definition) is 3. The van der Waals surface area contributed by atoms with Crippen molar-refractivity contribution in [1.29, 1.82) is 5.41 Å². The second-order valence-corrected chi connectivity index (χ2v) is 9.96. The summed E-state index contributed by atoms with van der Waals surface area (Å²) in [7, 11) is 0. The van der Waals surface area contributed by atoms with Crippen LogP contribution in [0.4, 0.5) is 0 Å². The van der Waals surface area contributed by atoms with Crippen LogP contribution in [0.25, 0.3) is 10.9 Å². The largest absolute Gasteiger partial charge is 0.384 e. The standard InChI is InChI=1S/C29H38N4O/c1-4-5-15-27(33-19(2)9-6-10-20(33)3)24-13-8-14-26-25(24)18-23(29(34)32-26)17-21-11-7-12-22(16-21)28(30)31/h7-8,11-14,16,18-20,27H,4-6,9-10,15,17H2,1-3H3,(H3,30,31)(H,32,34)/t19-,20+,27?. The summed E-state index contributed by atoms with van der Waals surface area (Å²) in [6, 6.07) is 17.5. The van der Waals surface area contributed by atoms with Crippen LogP contribution in [0, 0.1) is 5.41 Å². The summed E-state index contributed by atoms with van der Waals surface area (Å²) in [6.07, 6.45) is 7.78. The first kappa shape index (κ1) is 24.2. The molecule has 2 aromatic carbocycles. The first-order valence-electron chi connectivity index (χ1n) is 12.7. The molecule has 180 valence electrons. The molecule has 1 fully saturated rings. The van der Waals surface area contributed by atoms with E-state index >= 15 is 0 Å². The highest BCUT2D eigenvalue weighted by atomic mass is 16.1. The van der Waals surface area contributed by atoms with Gasteiger partial charge < -0.3 is 10.7 Å². The Morgan fingerprint density at radius 3 is 2.59 bits per heavy atom. The summed E-state index contributed by atoms with van der Waals surface area (Å²) >= 11 is 0. The highest BCUT2D eigenvalue weighted by Gasteiger charge is 2.32. The number of amidine groups is 1. The predicted octanol–water partition coefficient (Wildman–Crippen LogP) is 5.90. The molecule has 3 atom stereocenters. The number of nitrogens with two attached hydrogens (primary N) is 1. The number of fused-ring (bicyclic) bond motifs is 1. The number of benzene rings is 2. The van der Waals surface area contributed by atoms with Gasteiger partial charge in [-0.3, -0.25) is 15.1 Å². The van der Waals surface area contributed by atoms with E-state index in [1.807, 2.05) is 30.3 Å². The van der Waals surface area contributed by atoms with Crippen LogP contribution in [0.1, 0.15) is 87.6 Å². The van der Waals surface area contributed by atoms with E-state index < -0.39 is 0 Å². The normalized spacial score (nSPS) is 19.9. The van der Waals surface area contributed by atoms with Gasteiger partial charge in [-0.1, -0.05) is 56.5 Å². The molecule has 0 spiro atoms. The highest BCUT2D eigenvalue weighted by molar-refractivity contribution is 5.95. The minimum absolute atomic E-state index is 0.0418. The van der Waals surface area contributed by atoms with E-state index in [2.05, 4.69) is 48.9 Å². The van der Waals surface area contributed by atoms with Crippen molar-refractivity contribution in [2.75, 3.05) is 0 Å². The summed E-state index contributed by atoms with van der Waals surface area (Å²) in [5, 5.41) is 8.87. The number of rotatable bonds is 8. The van der Waals surface area contributed by atoms with Crippen molar-refractivity contribution < 1.29 is 0 Å². The summed E-state index contributed by atoms with van der Waals surface area (Å²) in [5.74, 6) is 0.0418. The topological polar surface area (TPSA) is 86.0 Å². The lowest BCUT2D eigenvalue weighted by Gasteiger charge is -2.45. The highest BCUT2D eigenvalue weighted by Crippen LogP contribution is 2.38. The Hall–Kier alpha value is -2.92. The number of nitrogens with one attached hydrogen (secondary N) is 2. The van der Waals surface area contributed by atoms with Crippen LogP contribution in [0.5, 0.6) is 0 Å². The number of aromatic nitrogens is 1. The van der Waals surface area contributed by atoms with Gasteiger partial charge in [0.05, 0.1) is 0 Å². The van der Waals surface area contributed by atoms with Crippen molar-refractivity contribution in [1.82, 2.24) is 9.88 Å². The molecule has 34 heavy (non-hydrogen) atoms. The summed E-state index contributed by atoms with van der Waals surface area (Å²) in [4.78, 5) is 18.9. The molecule has 5 nitrogen and oxygen atoms in total. The molecule has 1 saturated heterocycles. The molecule has 1 unspecified atom stereocenters. The number of nitrogen functional groups attached to an aromatic ring is 1. The molecule has 3 aromatic rings. The molecular weight excluding hydrogens is 420 g/mol. The zero-order valence-corrected chi connectivity index (χ0v) is 20.7. The number of aromatic amines is 1. The number of likely N-dealkylation sites (tertiary alicyclic amines) is 1. The molecule has 2 heterocycles. The van der Waals surface area contributed by atoms with Crippen molar-refractivity contribution in [3.8, 4) is 0 Å². The molecule has 4 N–H and O–H groups in total. The monoisotopic (exact) mass is 458 g/mol. The van der Waals surface area contributed by atoms with Crippen molar-refractivity contribution in [2.24, 2.45) is 5.73 Å². The minimum Gasteiger partial charge on any atom is -0.384 e. The van der Waals surface area contributed by atoms with Crippen LogP contribution in [0.3, 0.4) is 0 Å². The molecule has 1 aliphatic heterocycles. The van der Waals surface area contributed by atoms with Gasteiger partial charge in [0, 0.05) is 46.6 Å². The fourth-order valence-electron chi connectivity index (χ4n) is 5.70. The van der Waals surface area contributed by atoms with E-state index in [9.17, 15) is 4.79 Å². The first-order valence-corrected chi connectivity index (χ1v) is 12.7. The quantitative estimate of drug-likeness (QED) is 0.290. The molecule has 0 saturated carbocycles. The van der Waals surface area contributed by atoms with Gasteiger partial charge in [0.15, 0.2) is 0 Å². The van der Waals surface area contributed by atoms with E-state index in [4.69, 9.17) is 11.1 Å². The molecule has 5 heteroatoms. The molecule has 0 bridgehead atoms. The van der Waals surface area contributed by atoms with Crippen LogP contribution in [0.15, 0.2) is 53.3 Å². The van der Waals surface area contributed by atoms with Crippen molar-refractivity contribution in [3.63, 3.8) is 0 Å². The third-order valence-corrected chi connectivity index (χ3v) is 7.44. The maximum absolute atomic E-state index is 13.0. The van der Waals surface area contributed by atoms with Gasteiger partial charge in [0.25, 0.3) is 5.56 Å². The minimum atomic E-state index is -0.0531. The van der Waals surface area contributed by atoms with Crippen LogP contribution < -0.4 is 11.3 Å². The number of pyridine rings is 1. The first-order chi connectivity index (χ1) is 16.4. The van der Waals surface area contributed by atoms with Gasteiger partial charge in [-0.15, -0.1) is 0 Å². The van der Waals surface area contributed by atoms with Crippen molar-refractivity contribution in [2.45, 2.75) is 83.8 Å². The van der Waals surface area contributed by atoms with E-state index in [0.29, 0.717) is 30.1 Å². The number of unbranched alkanes of at least 4 members (excludes halogenated alkanes) is 1. The number of piperidine rings is 1. The molecule has 4 rings (SSSR count). The SMILES string of the molecule is CCCCC(c1cccc2[nH]c(=O)c(Cc3cccc(C(=N)N)c3)cc12)N1[C@H](C)CCC[C@@H]1C. The van der Waals surface area contributed by atoms with Gasteiger partial charge in [-0.25, -0.2) is 0 Å². The Balaban J connectivity index is 1.78. The van der Waals surface area contributed by atoms with Crippen LogP contribution in [0.2, 0.25) is 0 Å². The van der Waals surface area contributed by atoms with E-state index in [1.165, 1.54) is 37.7 Å². The second-order valence-electron chi connectivity index (χ2n) is 9.96. The predicted molar refractivity (Wildman–Crippen MR) is 142 cm³/mol. The lowest BCUT2D eigenvalue weighted by Crippen LogP contribution is -2.46. The summed E-state index contributed by atoms with van der Waals surface area (Å²) in [5.41, 5.74) is 10.3. The average Bonchev–Trinajstić information content (AvgIpc) is 2.81. The molecular formula is C29H38N4O. The maximum atomic E-state index is 13.0. The van der Waals surface area contributed by atoms with Crippen molar-refractivity contribution in [3.05, 3.63) is 81.1 Å². The van der Waals surface area contributed by atoms with E-state index in [1.54, 1.807) is 0 Å². The smallest absolute Gasteiger partial charge is 0.251 e. The molecule has 0 radical (unpaired) electrons. The Morgan fingerprint density at radius 2 is 1.88 bits per heavy atom. The zero-order valence-electron chi connectivity index (χ0n) is 20.7.